The third kappa shape index (κ3) is 5.49. The maximum absolute atomic E-state index is 5.97. The molecule has 0 bridgehead atoms. The summed E-state index contributed by atoms with van der Waals surface area (Å²) < 4.78 is 5.30. The molecule has 1 unspecified atom stereocenters. The van der Waals surface area contributed by atoms with E-state index < -0.39 is 0 Å². The van der Waals surface area contributed by atoms with Crippen LogP contribution in [0.5, 0.6) is 5.88 Å². The van der Waals surface area contributed by atoms with E-state index in [2.05, 4.69) is 29.1 Å². The Kier molecular flexibility index (Phi) is 5.69. The quantitative estimate of drug-likeness (QED) is 0.755. The highest BCUT2D eigenvalue weighted by Crippen LogP contribution is 2.09. The molecule has 1 atom stereocenters. The summed E-state index contributed by atoms with van der Waals surface area (Å²) in [6, 6.07) is 1.86. The molecule has 0 aliphatic rings. The second kappa shape index (κ2) is 7.06. The number of nitrogens with two attached hydrogens (primary N) is 1. The molecule has 0 aliphatic carbocycles. The lowest BCUT2D eigenvalue weighted by Gasteiger charge is -2.14. The Labute approximate surface area is 103 Å². The van der Waals surface area contributed by atoms with Crippen molar-refractivity contribution in [1.29, 1.82) is 0 Å². The van der Waals surface area contributed by atoms with Gasteiger partial charge in [0.05, 0.1) is 6.61 Å². The zero-order chi connectivity index (χ0) is 12.7. The van der Waals surface area contributed by atoms with Crippen molar-refractivity contribution in [2.24, 2.45) is 11.7 Å². The smallest absolute Gasteiger partial charge is 0.225 e. The molecule has 17 heavy (non-hydrogen) atoms. The number of rotatable bonds is 7. The fourth-order valence-electron chi connectivity index (χ4n) is 1.57. The molecular weight excluding hydrogens is 216 g/mol. The van der Waals surface area contributed by atoms with Crippen LogP contribution in [0.1, 0.15) is 27.2 Å². The van der Waals surface area contributed by atoms with E-state index in [9.17, 15) is 0 Å². The standard InChI is InChI=1S/C12H22N4O/c1-4-17-11-5-6-14-12(16-11)15-8-10(13)7-9(2)3/h5-6,9-10H,4,7-8,13H2,1-3H3,(H,14,15,16). The number of nitrogens with zero attached hydrogens (tertiary/aromatic N) is 2. The number of ether oxygens (including phenoxy) is 1. The number of hydrogen-bond donors (Lipinski definition) is 2. The average molecular weight is 238 g/mol. The molecule has 0 saturated heterocycles. The van der Waals surface area contributed by atoms with Crippen LogP contribution < -0.4 is 15.8 Å². The molecular formula is C12H22N4O. The summed E-state index contributed by atoms with van der Waals surface area (Å²) in [5.74, 6) is 1.75. The average Bonchev–Trinajstić information content (AvgIpc) is 2.26. The van der Waals surface area contributed by atoms with Crippen LogP contribution in [0.4, 0.5) is 5.95 Å². The summed E-state index contributed by atoms with van der Waals surface area (Å²) in [5, 5.41) is 3.12. The molecule has 0 aromatic carbocycles. The predicted octanol–water partition coefficient (Wildman–Crippen LogP) is 1.66. The Morgan fingerprint density at radius 3 is 2.88 bits per heavy atom. The summed E-state index contributed by atoms with van der Waals surface area (Å²) in [7, 11) is 0. The molecule has 3 N–H and O–H groups in total. The first-order valence-electron chi connectivity index (χ1n) is 6.07. The van der Waals surface area contributed by atoms with E-state index in [1.165, 1.54) is 0 Å². The van der Waals surface area contributed by atoms with Gasteiger partial charge in [-0.25, -0.2) is 4.98 Å². The van der Waals surface area contributed by atoms with E-state index in [1.54, 1.807) is 12.3 Å². The number of nitrogens with one attached hydrogen (secondary N) is 1. The minimum absolute atomic E-state index is 0.120. The van der Waals surface area contributed by atoms with Crippen molar-refractivity contribution >= 4 is 5.95 Å². The Bertz CT molecular complexity index is 330. The lowest BCUT2D eigenvalue weighted by Crippen LogP contribution is -2.30. The van der Waals surface area contributed by atoms with Gasteiger partial charge < -0.3 is 15.8 Å². The van der Waals surface area contributed by atoms with Crippen LogP contribution in [0, 0.1) is 5.92 Å². The fourth-order valence-corrected chi connectivity index (χ4v) is 1.57. The number of aromatic nitrogens is 2. The van der Waals surface area contributed by atoms with Crippen molar-refractivity contribution in [3.8, 4) is 5.88 Å². The molecule has 0 amide bonds. The van der Waals surface area contributed by atoms with Crippen molar-refractivity contribution < 1.29 is 4.74 Å². The molecule has 0 spiro atoms. The van der Waals surface area contributed by atoms with Gasteiger partial charge in [0.25, 0.3) is 0 Å². The Morgan fingerprint density at radius 2 is 2.24 bits per heavy atom. The first-order valence-corrected chi connectivity index (χ1v) is 6.07. The first kappa shape index (κ1) is 13.7. The highest BCUT2D eigenvalue weighted by molar-refractivity contribution is 5.27. The van der Waals surface area contributed by atoms with Gasteiger partial charge in [0.2, 0.25) is 11.8 Å². The molecule has 1 aromatic rings. The lowest BCUT2D eigenvalue weighted by molar-refractivity contribution is 0.326. The second-order valence-corrected chi connectivity index (χ2v) is 4.42. The first-order chi connectivity index (χ1) is 8.11. The van der Waals surface area contributed by atoms with Gasteiger partial charge in [-0.05, 0) is 19.3 Å². The van der Waals surface area contributed by atoms with Gasteiger partial charge in [-0.2, -0.15) is 4.98 Å². The van der Waals surface area contributed by atoms with Gasteiger partial charge in [-0.3, -0.25) is 0 Å². The monoisotopic (exact) mass is 238 g/mol. The summed E-state index contributed by atoms with van der Waals surface area (Å²) in [6.45, 7) is 7.52. The van der Waals surface area contributed by atoms with Gasteiger partial charge in [-0.1, -0.05) is 13.8 Å². The van der Waals surface area contributed by atoms with Crippen molar-refractivity contribution in [3.63, 3.8) is 0 Å². The summed E-state index contributed by atoms with van der Waals surface area (Å²) in [6.07, 6.45) is 2.66. The molecule has 1 rings (SSSR count). The summed E-state index contributed by atoms with van der Waals surface area (Å²) >= 11 is 0. The minimum atomic E-state index is 0.120. The van der Waals surface area contributed by atoms with Crippen LogP contribution in [0.15, 0.2) is 12.3 Å². The summed E-state index contributed by atoms with van der Waals surface area (Å²) in [4.78, 5) is 8.33. The van der Waals surface area contributed by atoms with Crippen molar-refractivity contribution in [1.82, 2.24) is 9.97 Å². The van der Waals surface area contributed by atoms with Crippen LogP contribution in [0.3, 0.4) is 0 Å². The van der Waals surface area contributed by atoms with E-state index in [0.29, 0.717) is 30.9 Å². The maximum Gasteiger partial charge on any atom is 0.225 e. The van der Waals surface area contributed by atoms with E-state index in [0.717, 1.165) is 6.42 Å². The Hall–Kier alpha value is -1.36. The minimum Gasteiger partial charge on any atom is -0.478 e. The van der Waals surface area contributed by atoms with Gasteiger partial charge in [0, 0.05) is 24.8 Å². The molecule has 0 aliphatic heterocycles. The molecule has 5 nitrogen and oxygen atoms in total. The van der Waals surface area contributed by atoms with Crippen molar-refractivity contribution in [3.05, 3.63) is 12.3 Å². The van der Waals surface area contributed by atoms with Crippen LogP contribution >= 0.6 is 0 Å². The van der Waals surface area contributed by atoms with Gasteiger partial charge in [-0.15, -0.1) is 0 Å². The van der Waals surface area contributed by atoms with E-state index in [1.807, 2.05) is 6.92 Å². The third-order valence-corrected chi connectivity index (χ3v) is 2.22. The van der Waals surface area contributed by atoms with E-state index in [4.69, 9.17) is 10.5 Å². The fraction of sp³-hybridized carbons (Fsp3) is 0.667. The molecule has 0 saturated carbocycles. The van der Waals surface area contributed by atoms with Crippen molar-refractivity contribution in [2.75, 3.05) is 18.5 Å². The summed E-state index contributed by atoms with van der Waals surface area (Å²) in [5.41, 5.74) is 5.97. The Balaban J connectivity index is 2.43. The number of hydrogen-bond acceptors (Lipinski definition) is 5. The molecule has 96 valence electrons. The predicted molar refractivity (Wildman–Crippen MR) is 69.1 cm³/mol. The van der Waals surface area contributed by atoms with Gasteiger partial charge in [0.15, 0.2) is 0 Å². The highest BCUT2D eigenvalue weighted by atomic mass is 16.5. The van der Waals surface area contributed by atoms with Gasteiger partial charge in [0.1, 0.15) is 0 Å². The molecule has 1 heterocycles. The largest absolute Gasteiger partial charge is 0.478 e. The molecule has 5 heteroatoms. The van der Waals surface area contributed by atoms with E-state index >= 15 is 0 Å². The van der Waals surface area contributed by atoms with Crippen LogP contribution in [-0.4, -0.2) is 29.2 Å². The zero-order valence-corrected chi connectivity index (χ0v) is 10.8. The van der Waals surface area contributed by atoms with Gasteiger partial charge >= 0.3 is 0 Å². The number of anilines is 1. The van der Waals surface area contributed by atoms with Crippen LogP contribution in [0.25, 0.3) is 0 Å². The lowest BCUT2D eigenvalue weighted by atomic mass is 10.0. The Morgan fingerprint density at radius 1 is 1.47 bits per heavy atom. The van der Waals surface area contributed by atoms with Crippen molar-refractivity contribution in [2.45, 2.75) is 33.2 Å². The topological polar surface area (TPSA) is 73.1 Å². The van der Waals surface area contributed by atoms with E-state index in [-0.39, 0.29) is 6.04 Å². The third-order valence-electron chi connectivity index (χ3n) is 2.22. The highest BCUT2D eigenvalue weighted by Gasteiger charge is 2.06. The van der Waals surface area contributed by atoms with Crippen LogP contribution in [-0.2, 0) is 0 Å². The molecule has 1 aromatic heterocycles. The molecule has 0 fully saturated rings. The normalized spacial score (nSPS) is 12.5. The maximum atomic E-state index is 5.97. The molecule has 0 radical (unpaired) electrons. The SMILES string of the molecule is CCOc1ccnc(NCC(N)CC(C)C)n1. The zero-order valence-electron chi connectivity index (χ0n) is 10.8. The second-order valence-electron chi connectivity index (χ2n) is 4.42. The van der Waals surface area contributed by atoms with Crippen LogP contribution in [0.2, 0.25) is 0 Å².